The third-order valence-electron chi connectivity index (χ3n) is 1.88. The minimum absolute atomic E-state index is 0.710. The van der Waals surface area contributed by atoms with E-state index in [9.17, 15) is 4.79 Å². The molecule has 0 aliphatic carbocycles. The first-order valence-corrected chi connectivity index (χ1v) is 4.42. The predicted molar refractivity (Wildman–Crippen MR) is 50.4 cm³/mol. The number of carbonyl (C=O) groups is 1. The number of hydrogen-bond acceptors (Lipinski definition) is 2. The van der Waals surface area contributed by atoms with Crippen molar-refractivity contribution < 1.29 is 4.79 Å². The number of amides is 1. The molecule has 0 bridgehead atoms. The molecular weight excluding hydrogens is 166 g/mol. The molecule has 1 heterocycles. The first-order valence-electron chi connectivity index (χ1n) is 4.42. The van der Waals surface area contributed by atoms with Gasteiger partial charge in [-0.05, 0) is 26.3 Å². The normalized spacial score (nSPS) is 10.0. The molecule has 0 fully saturated rings. The average Bonchev–Trinajstić information content (AvgIpc) is 2.39. The summed E-state index contributed by atoms with van der Waals surface area (Å²) in [5.74, 6) is 0. The second-order valence-electron chi connectivity index (χ2n) is 3.08. The van der Waals surface area contributed by atoms with E-state index in [0.717, 1.165) is 25.1 Å². The van der Waals surface area contributed by atoms with Crippen LogP contribution in [-0.4, -0.2) is 22.7 Å². The summed E-state index contributed by atoms with van der Waals surface area (Å²) in [6, 6.07) is 2.05. The molecule has 0 aliphatic rings. The van der Waals surface area contributed by atoms with E-state index in [-0.39, 0.29) is 0 Å². The number of carbonyl (C=O) groups excluding carboxylic acids is 1. The summed E-state index contributed by atoms with van der Waals surface area (Å²) in [5, 5.41) is 6.93. The zero-order chi connectivity index (χ0) is 9.68. The maximum atomic E-state index is 9.95. The van der Waals surface area contributed by atoms with Gasteiger partial charge in [-0.2, -0.15) is 5.10 Å². The topological polar surface area (TPSA) is 46.9 Å². The summed E-state index contributed by atoms with van der Waals surface area (Å²) in [7, 11) is 0. The molecule has 0 saturated carbocycles. The van der Waals surface area contributed by atoms with Gasteiger partial charge in [0, 0.05) is 18.8 Å². The molecule has 0 aromatic carbocycles. The number of aromatic nitrogens is 2. The van der Waals surface area contributed by atoms with Crippen molar-refractivity contribution in [2.45, 2.75) is 26.8 Å². The van der Waals surface area contributed by atoms with Crippen LogP contribution in [-0.2, 0) is 11.3 Å². The monoisotopic (exact) mass is 181 g/mol. The Morgan fingerprint density at radius 1 is 1.62 bits per heavy atom. The van der Waals surface area contributed by atoms with Crippen LogP contribution in [0.4, 0.5) is 0 Å². The van der Waals surface area contributed by atoms with Crippen molar-refractivity contribution in [2.75, 3.05) is 6.54 Å². The van der Waals surface area contributed by atoms with Crippen LogP contribution in [0.25, 0.3) is 0 Å². The predicted octanol–water partition coefficient (Wildman–Crippen LogP) is 0.636. The van der Waals surface area contributed by atoms with Crippen LogP contribution < -0.4 is 5.32 Å². The third kappa shape index (κ3) is 2.89. The fourth-order valence-electron chi connectivity index (χ4n) is 1.29. The van der Waals surface area contributed by atoms with Gasteiger partial charge in [0.25, 0.3) is 0 Å². The number of nitrogens with zero attached hydrogens (tertiary/aromatic N) is 2. The fraction of sp³-hybridized carbons (Fsp3) is 0.556. The number of rotatable bonds is 5. The molecule has 13 heavy (non-hydrogen) atoms. The van der Waals surface area contributed by atoms with E-state index in [1.807, 2.05) is 24.6 Å². The lowest BCUT2D eigenvalue weighted by molar-refractivity contribution is -0.109. The molecular formula is C9H15N3O. The Labute approximate surface area is 77.9 Å². The highest BCUT2D eigenvalue weighted by Gasteiger charge is 1.98. The Bertz CT molecular complexity index is 280. The van der Waals surface area contributed by atoms with Crippen molar-refractivity contribution in [2.24, 2.45) is 0 Å². The van der Waals surface area contributed by atoms with Gasteiger partial charge in [0.1, 0.15) is 0 Å². The van der Waals surface area contributed by atoms with E-state index >= 15 is 0 Å². The van der Waals surface area contributed by atoms with E-state index in [2.05, 4.69) is 10.4 Å². The van der Waals surface area contributed by atoms with Crippen molar-refractivity contribution in [1.82, 2.24) is 15.1 Å². The summed E-state index contributed by atoms with van der Waals surface area (Å²) in [5.41, 5.74) is 2.21. The lowest BCUT2D eigenvalue weighted by Crippen LogP contribution is -2.15. The summed E-state index contributed by atoms with van der Waals surface area (Å²) in [4.78, 5) is 9.95. The average molecular weight is 181 g/mol. The third-order valence-corrected chi connectivity index (χ3v) is 1.88. The second-order valence-corrected chi connectivity index (χ2v) is 3.08. The lowest BCUT2D eigenvalue weighted by Gasteiger charge is -2.02. The van der Waals surface area contributed by atoms with Gasteiger partial charge >= 0.3 is 0 Å². The maximum absolute atomic E-state index is 9.95. The standard InChI is InChI=1S/C9H15N3O/c1-8-6-9(2)12(11-8)5-3-4-10-7-13/h6-7H,3-5H2,1-2H3,(H,10,13). The van der Waals surface area contributed by atoms with Crippen molar-refractivity contribution in [3.05, 3.63) is 17.5 Å². The zero-order valence-corrected chi connectivity index (χ0v) is 8.08. The van der Waals surface area contributed by atoms with Crippen LogP contribution in [0, 0.1) is 13.8 Å². The molecule has 0 atom stereocenters. The van der Waals surface area contributed by atoms with Gasteiger partial charge in [-0.3, -0.25) is 9.48 Å². The Hall–Kier alpha value is -1.32. The Kier molecular flexibility index (Phi) is 3.49. The van der Waals surface area contributed by atoms with Gasteiger partial charge in [-0.25, -0.2) is 0 Å². The Morgan fingerprint density at radius 2 is 2.38 bits per heavy atom. The number of hydrogen-bond donors (Lipinski definition) is 1. The van der Waals surface area contributed by atoms with Crippen LogP contribution >= 0.6 is 0 Å². The molecule has 1 rings (SSSR count). The molecule has 1 amide bonds. The van der Waals surface area contributed by atoms with Gasteiger partial charge in [0.05, 0.1) is 5.69 Å². The molecule has 4 heteroatoms. The molecule has 0 spiro atoms. The van der Waals surface area contributed by atoms with Gasteiger partial charge in [0.15, 0.2) is 0 Å². The van der Waals surface area contributed by atoms with Crippen molar-refractivity contribution in [1.29, 1.82) is 0 Å². The van der Waals surface area contributed by atoms with Crippen LogP contribution in [0.15, 0.2) is 6.07 Å². The maximum Gasteiger partial charge on any atom is 0.207 e. The van der Waals surface area contributed by atoms with E-state index in [1.54, 1.807) is 0 Å². The van der Waals surface area contributed by atoms with E-state index in [1.165, 1.54) is 5.69 Å². The van der Waals surface area contributed by atoms with Gasteiger partial charge < -0.3 is 5.32 Å². The molecule has 1 N–H and O–H groups in total. The molecule has 0 aliphatic heterocycles. The minimum atomic E-state index is 0.710. The van der Waals surface area contributed by atoms with Crippen molar-refractivity contribution in [3.63, 3.8) is 0 Å². The highest BCUT2D eigenvalue weighted by molar-refractivity contribution is 5.45. The van der Waals surface area contributed by atoms with Crippen LogP contribution in [0.5, 0.6) is 0 Å². The molecule has 0 radical (unpaired) electrons. The van der Waals surface area contributed by atoms with Gasteiger partial charge in [0.2, 0.25) is 6.41 Å². The summed E-state index contributed by atoms with van der Waals surface area (Å²) < 4.78 is 1.96. The second kappa shape index (κ2) is 4.64. The highest BCUT2D eigenvalue weighted by atomic mass is 16.1. The first-order chi connectivity index (χ1) is 6.24. The molecule has 1 aromatic heterocycles. The minimum Gasteiger partial charge on any atom is -0.359 e. The van der Waals surface area contributed by atoms with Crippen LogP contribution in [0.1, 0.15) is 17.8 Å². The molecule has 0 saturated heterocycles. The Balaban J connectivity index is 2.36. The quantitative estimate of drug-likeness (QED) is 0.535. The van der Waals surface area contributed by atoms with Crippen molar-refractivity contribution in [3.8, 4) is 0 Å². The van der Waals surface area contributed by atoms with Gasteiger partial charge in [-0.15, -0.1) is 0 Å². The SMILES string of the molecule is Cc1cc(C)n(CCCNC=O)n1. The Morgan fingerprint density at radius 3 is 2.92 bits per heavy atom. The molecule has 0 unspecified atom stereocenters. The molecule has 1 aromatic rings. The summed E-state index contributed by atoms with van der Waals surface area (Å²) >= 11 is 0. The number of nitrogens with one attached hydrogen (secondary N) is 1. The van der Waals surface area contributed by atoms with E-state index in [4.69, 9.17) is 0 Å². The largest absolute Gasteiger partial charge is 0.359 e. The highest BCUT2D eigenvalue weighted by Crippen LogP contribution is 2.01. The summed E-state index contributed by atoms with van der Waals surface area (Å²) in [6.45, 7) is 5.59. The number of aryl methyl sites for hydroxylation is 3. The van der Waals surface area contributed by atoms with Crippen LogP contribution in [0.3, 0.4) is 0 Å². The fourth-order valence-corrected chi connectivity index (χ4v) is 1.29. The lowest BCUT2D eigenvalue weighted by atomic mass is 10.4. The van der Waals surface area contributed by atoms with Crippen LogP contribution in [0.2, 0.25) is 0 Å². The molecule has 72 valence electrons. The first kappa shape index (κ1) is 9.77. The zero-order valence-electron chi connectivity index (χ0n) is 8.08. The molecule has 4 nitrogen and oxygen atoms in total. The van der Waals surface area contributed by atoms with E-state index in [0.29, 0.717) is 6.54 Å². The van der Waals surface area contributed by atoms with Gasteiger partial charge in [-0.1, -0.05) is 0 Å². The summed E-state index contributed by atoms with van der Waals surface area (Å²) in [6.07, 6.45) is 1.64. The smallest absolute Gasteiger partial charge is 0.207 e. The van der Waals surface area contributed by atoms with Crippen molar-refractivity contribution >= 4 is 6.41 Å². The van der Waals surface area contributed by atoms with E-state index < -0.39 is 0 Å².